The van der Waals surface area contributed by atoms with Crippen LogP contribution in [0.3, 0.4) is 0 Å². The van der Waals surface area contributed by atoms with E-state index in [4.69, 9.17) is 10.2 Å². The number of phenols is 1. The van der Waals surface area contributed by atoms with E-state index in [0.29, 0.717) is 5.56 Å². The molecule has 5 heteroatoms. The van der Waals surface area contributed by atoms with Gasteiger partial charge in [0, 0.05) is 6.54 Å². The van der Waals surface area contributed by atoms with Gasteiger partial charge in [-0.15, -0.1) is 0 Å². The zero-order chi connectivity index (χ0) is 12.0. The van der Waals surface area contributed by atoms with Gasteiger partial charge in [-0.2, -0.15) is 0 Å². The van der Waals surface area contributed by atoms with E-state index in [9.17, 15) is 9.90 Å². The molecule has 0 saturated carbocycles. The van der Waals surface area contributed by atoms with Crippen molar-refractivity contribution in [3.63, 3.8) is 0 Å². The topological polar surface area (TPSA) is 89.8 Å². The van der Waals surface area contributed by atoms with Gasteiger partial charge >= 0.3 is 0 Å². The SMILES string of the molecule is O=C(Cc1cccc(O)c1)NCC(O)CO. The Morgan fingerprint density at radius 1 is 1.44 bits per heavy atom. The van der Waals surface area contributed by atoms with Crippen molar-refractivity contribution >= 4 is 5.91 Å². The van der Waals surface area contributed by atoms with Gasteiger partial charge in [0.05, 0.1) is 19.1 Å². The third-order valence-corrected chi connectivity index (χ3v) is 2.02. The Kier molecular flexibility index (Phi) is 4.75. The lowest BCUT2D eigenvalue weighted by Crippen LogP contribution is -2.34. The van der Waals surface area contributed by atoms with Crippen LogP contribution in [0.15, 0.2) is 24.3 Å². The number of hydrogen-bond donors (Lipinski definition) is 4. The Labute approximate surface area is 93.4 Å². The van der Waals surface area contributed by atoms with E-state index in [1.54, 1.807) is 12.1 Å². The first-order valence-corrected chi connectivity index (χ1v) is 4.95. The first-order chi connectivity index (χ1) is 7.61. The van der Waals surface area contributed by atoms with E-state index < -0.39 is 6.10 Å². The molecule has 0 aliphatic heterocycles. The van der Waals surface area contributed by atoms with Crippen LogP contribution in [-0.4, -0.2) is 40.5 Å². The minimum Gasteiger partial charge on any atom is -0.508 e. The third-order valence-electron chi connectivity index (χ3n) is 2.02. The molecule has 88 valence electrons. The monoisotopic (exact) mass is 225 g/mol. The molecule has 1 amide bonds. The van der Waals surface area contributed by atoms with Gasteiger partial charge in [-0.3, -0.25) is 4.79 Å². The molecule has 16 heavy (non-hydrogen) atoms. The average Bonchev–Trinajstić information content (AvgIpc) is 2.26. The van der Waals surface area contributed by atoms with Crippen molar-refractivity contribution in [1.29, 1.82) is 0 Å². The van der Waals surface area contributed by atoms with Crippen molar-refractivity contribution in [2.45, 2.75) is 12.5 Å². The minimum absolute atomic E-state index is 0.0220. The molecule has 1 aromatic carbocycles. The molecule has 0 aliphatic carbocycles. The Bertz CT molecular complexity index is 354. The molecule has 0 radical (unpaired) electrons. The number of carbonyl (C=O) groups excluding carboxylic acids is 1. The van der Waals surface area contributed by atoms with E-state index >= 15 is 0 Å². The van der Waals surface area contributed by atoms with E-state index in [0.717, 1.165) is 0 Å². The summed E-state index contributed by atoms with van der Waals surface area (Å²) in [4.78, 5) is 11.4. The lowest BCUT2D eigenvalue weighted by molar-refractivity contribution is -0.121. The molecule has 1 aromatic rings. The summed E-state index contributed by atoms with van der Waals surface area (Å²) in [5.74, 6) is -0.154. The summed E-state index contributed by atoms with van der Waals surface area (Å²) in [5, 5.41) is 29.2. The highest BCUT2D eigenvalue weighted by Crippen LogP contribution is 2.10. The molecular weight excluding hydrogens is 210 g/mol. The number of nitrogens with one attached hydrogen (secondary N) is 1. The highest BCUT2D eigenvalue weighted by atomic mass is 16.3. The van der Waals surface area contributed by atoms with Gasteiger partial charge in [-0.1, -0.05) is 12.1 Å². The van der Waals surface area contributed by atoms with Crippen molar-refractivity contribution in [2.24, 2.45) is 0 Å². The van der Waals surface area contributed by atoms with Crippen LogP contribution in [0.1, 0.15) is 5.56 Å². The number of aliphatic hydroxyl groups excluding tert-OH is 2. The van der Waals surface area contributed by atoms with Crippen molar-refractivity contribution in [3.8, 4) is 5.75 Å². The number of aliphatic hydroxyl groups is 2. The predicted molar refractivity (Wildman–Crippen MR) is 57.9 cm³/mol. The zero-order valence-electron chi connectivity index (χ0n) is 8.76. The van der Waals surface area contributed by atoms with Crippen LogP contribution >= 0.6 is 0 Å². The summed E-state index contributed by atoms with van der Waals surface area (Å²) in [6, 6.07) is 6.40. The lowest BCUT2D eigenvalue weighted by Gasteiger charge is -2.08. The van der Waals surface area contributed by atoms with Crippen molar-refractivity contribution < 1.29 is 20.1 Å². The highest BCUT2D eigenvalue weighted by Gasteiger charge is 2.06. The number of carbonyl (C=O) groups is 1. The second-order valence-electron chi connectivity index (χ2n) is 3.49. The van der Waals surface area contributed by atoms with Crippen LogP contribution in [0, 0.1) is 0 Å². The van der Waals surface area contributed by atoms with Crippen LogP contribution in [0.4, 0.5) is 0 Å². The first kappa shape index (κ1) is 12.5. The number of rotatable bonds is 5. The summed E-state index contributed by atoms with van der Waals surface area (Å²) in [5.41, 5.74) is 0.691. The van der Waals surface area contributed by atoms with Gasteiger partial charge in [0.15, 0.2) is 0 Å². The summed E-state index contributed by atoms with van der Waals surface area (Å²) in [7, 11) is 0. The molecule has 1 unspecified atom stereocenters. The van der Waals surface area contributed by atoms with E-state index in [2.05, 4.69) is 5.32 Å². The number of benzene rings is 1. The predicted octanol–water partition coefficient (Wildman–Crippen LogP) is -0.596. The number of aromatic hydroxyl groups is 1. The third kappa shape index (κ3) is 4.29. The lowest BCUT2D eigenvalue weighted by atomic mass is 10.1. The Morgan fingerprint density at radius 3 is 2.81 bits per heavy atom. The summed E-state index contributed by atoms with van der Waals surface area (Å²) in [6.45, 7) is -0.361. The van der Waals surface area contributed by atoms with Crippen molar-refractivity contribution in [1.82, 2.24) is 5.32 Å². The minimum atomic E-state index is -0.937. The van der Waals surface area contributed by atoms with Gasteiger partial charge in [0.25, 0.3) is 0 Å². The largest absolute Gasteiger partial charge is 0.508 e. The van der Waals surface area contributed by atoms with Gasteiger partial charge < -0.3 is 20.6 Å². The standard InChI is InChI=1S/C11H15NO4/c13-7-10(15)6-12-11(16)5-8-2-1-3-9(14)4-8/h1-4,10,13-15H,5-7H2,(H,12,16). The number of phenolic OH excluding ortho intramolecular Hbond substituents is 1. The van der Waals surface area contributed by atoms with Crippen LogP contribution in [0.2, 0.25) is 0 Å². The van der Waals surface area contributed by atoms with Gasteiger partial charge in [0.2, 0.25) is 5.91 Å². The Balaban J connectivity index is 2.40. The molecule has 0 spiro atoms. The maximum absolute atomic E-state index is 11.4. The molecule has 5 nitrogen and oxygen atoms in total. The molecule has 0 bridgehead atoms. The molecule has 4 N–H and O–H groups in total. The van der Waals surface area contributed by atoms with E-state index in [-0.39, 0.29) is 31.2 Å². The van der Waals surface area contributed by atoms with Crippen LogP contribution < -0.4 is 5.32 Å². The van der Waals surface area contributed by atoms with Gasteiger partial charge in [0.1, 0.15) is 5.75 Å². The molecular formula is C11H15NO4. The van der Waals surface area contributed by atoms with Crippen LogP contribution in [0.5, 0.6) is 5.75 Å². The molecule has 0 aliphatic rings. The number of amides is 1. The Morgan fingerprint density at radius 2 is 2.19 bits per heavy atom. The molecule has 0 fully saturated rings. The molecule has 0 heterocycles. The van der Waals surface area contributed by atoms with Gasteiger partial charge in [-0.25, -0.2) is 0 Å². The maximum atomic E-state index is 11.4. The zero-order valence-corrected chi connectivity index (χ0v) is 8.76. The van der Waals surface area contributed by atoms with E-state index in [1.807, 2.05) is 0 Å². The highest BCUT2D eigenvalue weighted by molar-refractivity contribution is 5.78. The fourth-order valence-corrected chi connectivity index (χ4v) is 1.21. The molecule has 0 saturated heterocycles. The fourth-order valence-electron chi connectivity index (χ4n) is 1.21. The van der Waals surface area contributed by atoms with Crippen molar-refractivity contribution in [3.05, 3.63) is 29.8 Å². The fraction of sp³-hybridized carbons (Fsp3) is 0.364. The summed E-state index contributed by atoms with van der Waals surface area (Å²) in [6.07, 6.45) is -0.805. The second-order valence-corrected chi connectivity index (χ2v) is 3.49. The number of hydrogen-bond acceptors (Lipinski definition) is 4. The maximum Gasteiger partial charge on any atom is 0.224 e. The normalized spacial score (nSPS) is 12.1. The van der Waals surface area contributed by atoms with E-state index in [1.165, 1.54) is 12.1 Å². The molecule has 0 aromatic heterocycles. The first-order valence-electron chi connectivity index (χ1n) is 4.95. The quantitative estimate of drug-likeness (QED) is 0.539. The van der Waals surface area contributed by atoms with Crippen LogP contribution in [0.25, 0.3) is 0 Å². The molecule has 1 atom stereocenters. The second kappa shape index (κ2) is 6.09. The Hall–Kier alpha value is -1.59. The average molecular weight is 225 g/mol. The smallest absolute Gasteiger partial charge is 0.224 e. The van der Waals surface area contributed by atoms with Gasteiger partial charge in [-0.05, 0) is 17.7 Å². The van der Waals surface area contributed by atoms with Crippen molar-refractivity contribution in [2.75, 3.05) is 13.2 Å². The summed E-state index contributed by atoms with van der Waals surface area (Å²) < 4.78 is 0. The summed E-state index contributed by atoms with van der Waals surface area (Å²) >= 11 is 0. The van der Waals surface area contributed by atoms with Crippen LogP contribution in [-0.2, 0) is 11.2 Å². The molecule has 1 rings (SSSR count).